The third-order valence-electron chi connectivity index (χ3n) is 5.67. The van der Waals surface area contributed by atoms with E-state index in [1.54, 1.807) is 42.2 Å². The van der Waals surface area contributed by atoms with Gasteiger partial charge in [-0.25, -0.2) is 12.7 Å². The van der Waals surface area contributed by atoms with Crippen molar-refractivity contribution in [2.45, 2.75) is 13.3 Å². The van der Waals surface area contributed by atoms with Crippen molar-refractivity contribution >= 4 is 27.5 Å². The molecule has 0 bridgehead atoms. The topological polar surface area (TPSA) is 91.8 Å². The van der Waals surface area contributed by atoms with Gasteiger partial charge in [0.25, 0.3) is 5.91 Å². The van der Waals surface area contributed by atoms with E-state index in [1.165, 1.54) is 16.4 Å². The summed E-state index contributed by atoms with van der Waals surface area (Å²) in [7, 11) is -3.30. The van der Waals surface area contributed by atoms with Crippen LogP contribution in [0.5, 0.6) is 0 Å². The predicted molar refractivity (Wildman–Crippen MR) is 111 cm³/mol. The number of carbonyl (C=O) groups excluding carboxylic acids is 3. The van der Waals surface area contributed by atoms with Gasteiger partial charge in [0, 0.05) is 54.0 Å². The summed E-state index contributed by atoms with van der Waals surface area (Å²) in [5, 5.41) is 0. The number of amides is 1. The lowest BCUT2D eigenvalue weighted by molar-refractivity contribution is 0.0763. The first kappa shape index (κ1) is 20.4. The van der Waals surface area contributed by atoms with Gasteiger partial charge in [-0.3, -0.25) is 14.4 Å². The monoisotopic (exact) mass is 426 g/mol. The lowest BCUT2D eigenvalue weighted by Crippen LogP contribution is -2.38. The minimum absolute atomic E-state index is 0.0311. The van der Waals surface area contributed by atoms with Gasteiger partial charge < -0.3 is 4.90 Å². The Balaban J connectivity index is 1.59. The number of hydrogen-bond donors (Lipinski definition) is 0. The van der Waals surface area contributed by atoms with Gasteiger partial charge in [-0.05, 0) is 31.5 Å². The molecule has 1 amide bonds. The van der Waals surface area contributed by atoms with Crippen LogP contribution in [-0.4, -0.2) is 67.0 Å². The molecule has 0 unspecified atom stereocenters. The van der Waals surface area contributed by atoms with Crippen LogP contribution in [0.15, 0.2) is 42.5 Å². The van der Waals surface area contributed by atoms with Gasteiger partial charge in [-0.15, -0.1) is 0 Å². The predicted octanol–water partition coefficient (Wildman–Crippen LogP) is 1.96. The highest BCUT2D eigenvalue weighted by Crippen LogP contribution is 2.28. The number of hydrogen-bond acceptors (Lipinski definition) is 5. The number of fused-ring (bicyclic) bond motifs is 2. The molecule has 4 rings (SSSR count). The Kier molecular flexibility index (Phi) is 5.29. The molecule has 156 valence electrons. The van der Waals surface area contributed by atoms with Crippen LogP contribution < -0.4 is 0 Å². The quantitative estimate of drug-likeness (QED) is 0.638. The molecular weight excluding hydrogens is 404 g/mol. The second-order valence-corrected chi connectivity index (χ2v) is 9.67. The van der Waals surface area contributed by atoms with Crippen LogP contribution in [0.3, 0.4) is 0 Å². The Hall–Kier alpha value is -2.84. The van der Waals surface area contributed by atoms with E-state index in [4.69, 9.17) is 0 Å². The zero-order valence-electron chi connectivity index (χ0n) is 16.6. The highest BCUT2D eigenvalue weighted by atomic mass is 32.2. The first-order chi connectivity index (χ1) is 14.3. The number of sulfonamides is 1. The van der Waals surface area contributed by atoms with Gasteiger partial charge in [-0.2, -0.15) is 0 Å². The first-order valence-electron chi connectivity index (χ1n) is 9.93. The SMILES string of the molecule is CCS(=O)(=O)N1CCCN(C(=O)c2ccc3c(c2)C(=O)c2ccccc2C3=O)CC1. The summed E-state index contributed by atoms with van der Waals surface area (Å²) in [4.78, 5) is 40.3. The highest BCUT2D eigenvalue weighted by Gasteiger charge is 2.31. The summed E-state index contributed by atoms with van der Waals surface area (Å²) >= 11 is 0. The molecule has 0 aromatic heterocycles. The van der Waals surface area contributed by atoms with Crippen molar-refractivity contribution in [3.63, 3.8) is 0 Å². The van der Waals surface area contributed by atoms with Crippen molar-refractivity contribution in [3.05, 3.63) is 70.3 Å². The maximum Gasteiger partial charge on any atom is 0.253 e. The fraction of sp³-hybridized carbons (Fsp3) is 0.318. The van der Waals surface area contributed by atoms with Crippen molar-refractivity contribution in [1.82, 2.24) is 9.21 Å². The molecule has 2 aromatic rings. The van der Waals surface area contributed by atoms with Gasteiger partial charge >= 0.3 is 0 Å². The van der Waals surface area contributed by atoms with Crippen LogP contribution >= 0.6 is 0 Å². The number of rotatable bonds is 3. The normalized spacial score (nSPS) is 17.3. The molecule has 0 radical (unpaired) electrons. The molecule has 8 heteroatoms. The second kappa shape index (κ2) is 7.77. The molecule has 0 atom stereocenters. The number of nitrogens with zero attached hydrogens (tertiary/aromatic N) is 2. The Morgan fingerprint density at radius 1 is 0.867 bits per heavy atom. The maximum atomic E-state index is 13.1. The molecule has 1 heterocycles. The van der Waals surface area contributed by atoms with Gasteiger partial charge in [0.05, 0.1) is 5.75 Å². The molecule has 1 fully saturated rings. The van der Waals surface area contributed by atoms with E-state index in [0.717, 1.165) is 0 Å². The summed E-state index contributed by atoms with van der Waals surface area (Å²) in [6.07, 6.45) is 0.542. The Morgan fingerprint density at radius 3 is 2.17 bits per heavy atom. The summed E-state index contributed by atoms with van der Waals surface area (Å²) < 4.78 is 25.7. The second-order valence-electron chi connectivity index (χ2n) is 7.41. The molecule has 0 saturated carbocycles. The van der Waals surface area contributed by atoms with Crippen LogP contribution in [0.2, 0.25) is 0 Å². The minimum Gasteiger partial charge on any atom is -0.337 e. The minimum atomic E-state index is -3.30. The Bertz CT molecular complexity index is 1160. The molecule has 2 aromatic carbocycles. The van der Waals surface area contributed by atoms with Gasteiger partial charge in [-0.1, -0.05) is 24.3 Å². The summed E-state index contributed by atoms with van der Waals surface area (Å²) in [6.45, 7) is 2.95. The smallest absolute Gasteiger partial charge is 0.253 e. The largest absolute Gasteiger partial charge is 0.337 e. The van der Waals surface area contributed by atoms with Crippen LogP contribution in [0.4, 0.5) is 0 Å². The lowest BCUT2D eigenvalue weighted by Gasteiger charge is -2.23. The van der Waals surface area contributed by atoms with E-state index in [0.29, 0.717) is 41.8 Å². The van der Waals surface area contributed by atoms with Crippen molar-refractivity contribution in [1.29, 1.82) is 0 Å². The Morgan fingerprint density at radius 2 is 1.50 bits per heavy atom. The summed E-state index contributed by atoms with van der Waals surface area (Å²) in [6, 6.07) is 11.2. The first-order valence-corrected chi connectivity index (χ1v) is 11.5. The highest BCUT2D eigenvalue weighted by molar-refractivity contribution is 7.89. The van der Waals surface area contributed by atoms with Crippen LogP contribution in [0.25, 0.3) is 0 Å². The average molecular weight is 426 g/mol. The number of ketones is 2. The molecule has 1 aliphatic heterocycles. The van der Waals surface area contributed by atoms with Gasteiger partial charge in [0.2, 0.25) is 10.0 Å². The van der Waals surface area contributed by atoms with E-state index < -0.39 is 10.0 Å². The van der Waals surface area contributed by atoms with Crippen molar-refractivity contribution in [2.75, 3.05) is 31.9 Å². The number of benzene rings is 2. The fourth-order valence-corrected chi connectivity index (χ4v) is 5.10. The van der Waals surface area contributed by atoms with E-state index >= 15 is 0 Å². The average Bonchev–Trinajstić information content (AvgIpc) is 3.03. The molecule has 0 spiro atoms. The van der Waals surface area contributed by atoms with Crippen LogP contribution in [0.1, 0.15) is 55.5 Å². The zero-order valence-corrected chi connectivity index (χ0v) is 17.4. The molecule has 30 heavy (non-hydrogen) atoms. The lowest BCUT2D eigenvalue weighted by atomic mass is 9.83. The van der Waals surface area contributed by atoms with Crippen molar-refractivity contribution in [3.8, 4) is 0 Å². The molecular formula is C22H22N2O5S. The van der Waals surface area contributed by atoms with E-state index in [2.05, 4.69) is 0 Å². The summed E-state index contributed by atoms with van der Waals surface area (Å²) in [5.74, 6) is -0.739. The Labute approximate surface area is 175 Å². The third-order valence-corrected chi connectivity index (χ3v) is 7.55. The van der Waals surface area contributed by atoms with E-state index in [9.17, 15) is 22.8 Å². The number of carbonyl (C=O) groups is 3. The third kappa shape index (κ3) is 3.46. The van der Waals surface area contributed by atoms with Crippen LogP contribution in [0, 0.1) is 0 Å². The van der Waals surface area contributed by atoms with Crippen molar-refractivity contribution < 1.29 is 22.8 Å². The van der Waals surface area contributed by atoms with Gasteiger partial charge in [0.15, 0.2) is 11.6 Å². The standard InChI is InChI=1S/C22H22N2O5S/c1-2-30(28,29)24-11-5-10-23(12-13-24)22(27)15-8-9-18-19(14-15)21(26)17-7-4-3-6-16(17)20(18)25/h3-4,6-9,14H,2,5,10-13H2,1H3. The van der Waals surface area contributed by atoms with Crippen LogP contribution in [-0.2, 0) is 10.0 Å². The van der Waals surface area contributed by atoms with Gasteiger partial charge in [0.1, 0.15) is 0 Å². The molecule has 1 saturated heterocycles. The molecule has 2 aliphatic rings. The van der Waals surface area contributed by atoms with Crippen molar-refractivity contribution in [2.24, 2.45) is 0 Å². The molecule has 0 N–H and O–H groups in total. The van der Waals surface area contributed by atoms with E-state index in [-0.39, 0.29) is 41.9 Å². The zero-order chi connectivity index (χ0) is 21.5. The molecule has 1 aliphatic carbocycles. The maximum absolute atomic E-state index is 13.1. The van der Waals surface area contributed by atoms with E-state index in [1.807, 2.05) is 0 Å². The summed E-state index contributed by atoms with van der Waals surface area (Å²) in [5.41, 5.74) is 1.57. The molecule has 7 nitrogen and oxygen atoms in total. The fourth-order valence-electron chi connectivity index (χ4n) is 3.97.